The van der Waals surface area contributed by atoms with Crippen LogP contribution in [0.4, 0.5) is 0 Å². The Labute approximate surface area is 127 Å². The number of hydrogen-bond donors (Lipinski definition) is 2. The van der Waals surface area contributed by atoms with Crippen LogP contribution >= 0.6 is 0 Å². The average molecular weight is 283 g/mol. The highest BCUT2D eigenvalue weighted by Crippen LogP contribution is 2.18. The van der Waals surface area contributed by atoms with E-state index in [4.69, 9.17) is 0 Å². The highest BCUT2D eigenvalue weighted by molar-refractivity contribution is 5.29. The van der Waals surface area contributed by atoms with E-state index in [9.17, 15) is 5.11 Å². The van der Waals surface area contributed by atoms with Gasteiger partial charge < -0.3 is 10.4 Å². The Hall–Kier alpha value is -1.64. The molecule has 0 fully saturated rings. The molecular formula is C19H25NO. The van der Waals surface area contributed by atoms with E-state index >= 15 is 0 Å². The molecule has 21 heavy (non-hydrogen) atoms. The summed E-state index contributed by atoms with van der Waals surface area (Å²) < 4.78 is 0. The zero-order valence-corrected chi connectivity index (χ0v) is 13.1. The SMILES string of the molecule is Cc1ccccc1CC(C)NC(CO)c1ccccc1C. The first-order valence-corrected chi connectivity index (χ1v) is 7.58. The molecule has 112 valence electrons. The minimum atomic E-state index is -0.00906. The van der Waals surface area contributed by atoms with Gasteiger partial charge in [0.25, 0.3) is 0 Å². The van der Waals surface area contributed by atoms with E-state index in [-0.39, 0.29) is 12.6 Å². The molecule has 0 spiro atoms. The van der Waals surface area contributed by atoms with Gasteiger partial charge in [0.2, 0.25) is 0 Å². The fraction of sp³-hybridized carbons (Fsp3) is 0.368. The summed E-state index contributed by atoms with van der Waals surface area (Å²) in [5, 5.41) is 13.3. The van der Waals surface area contributed by atoms with E-state index in [2.05, 4.69) is 62.5 Å². The Balaban J connectivity index is 2.05. The molecule has 2 N–H and O–H groups in total. The van der Waals surface area contributed by atoms with Crippen molar-refractivity contribution in [3.05, 3.63) is 70.8 Å². The van der Waals surface area contributed by atoms with Crippen LogP contribution in [0, 0.1) is 13.8 Å². The Kier molecular flexibility index (Phi) is 5.54. The number of nitrogens with one attached hydrogen (secondary N) is 1. The lowest BCUT2D eigenvalue weighted by Gasteiger charge is -2.24. The average Bonchev–Trinajstić information content (AvgIpc) is 2.48. The van der Waals surface area contributed by atoms with E-state index in [0.29, 0.717) is 6.04 Å². The van der Waals surface area contributed by atoms with Crippen molar-refractivity contribution in [3.8, 4) is 0 Å². The summed E-state index contributed by atoms with van der Waals surface area (Å²) in [5.41, 5.74) is 5.07. The van der Waals surface area contributed by atoms with Crippen molar-refractivity contribution < 1.29 is 5.11 Å². The minimum Gasteiger partial charge on any atom is -0.394 e. The van der Waals surface area contributed by atoms with E-state index in [1.165, 1.54) is 22.3 Å². The molecule has 0 aliphatic heterocycles. The van der Waals surface area contributed by atoms with Gasteiger partial charge in [0.1, 0.15) is 0 Å². The molecule has 0 heterocycles. The van der Waals surface area contributed by atoms with Crippen LogP contribution in [-0.2, 0) is 6.42 Å². The monoisotopic (exact) mass is 283 g/mol. The molecule has 2 unspecified atom stereocenters. The number of benzene rings is 2. The van der Waals surface area contributed by atoms with E-state index in [1.807, 2.05) is 12.1 Å². The van der Waals surface area contributed by atoms with Gasteiger partial charge >= 0.3 is 0 Å². The summed E-state index contributed by atoms with van der Waals surface area (Å²) in [6.45, 7) is 6.52. The van der Waals surface area contributed by atoms with Crippen molar-refractivity contribution in [2.45, 2.75) is 39.3 Å². The molecule has 0 amide bonds. The van der Waals surface area contributed by atoms with Gasteiger partial charge in [0.05, 0.1) is 12.6 Å². The van der Waals surface area contributed by atoms with Gasteiger partial charge in [-0.25, -0.2) is 0 Å². The van der Waals surface area contributed by atoms with Crippen LogP contribution in [0.3, 0.4) is 0 Å². The van der Waals surface area contributed by atoms with Gasteiger partial charge in [-0.05, 0) is 49.4 Å². The third kappa shape index (κ3) is 4.16. The van der Waals surface area contributed by atoms with Gasteiger partial charge in [-0.2, -0.15) is 0 Å². The molecule has 0 saturated carbocycles. The van der Waals surface area contributed by atoms with Crippen LogP contribution in [0.25, 0.3) is 0 Å². The van der Waals surface area contributed by atoms with Crippen molar-refractivity contribution in [2.75, 3.05) is 6.61 Å². The van der Waals surface area contributed by atoms with E-state index < -0.39 is 0 Å². The molecule has 2 rings (SSSR count). The Morgan fingerprint density at radius 1 is 0.952 bits per heavy atom. The van der Waals surface area contributed by atoms with Crippen molar-refractivity contribution >= 4 is 0 Å². The Bertz CT molecular complexity index is 579. The number of hydrogen-bond acceptors (Lipinski definition) is 2. The second kappa shape index (κ2) is 7.39. The fourth-order valence-corrected chi connectivity index (χ4v) is 2.79. The van der Waals surface area contributed by atoms with Crippen molar-refractivity contribution in [1.29, 1.82) is 0 Å². The zero-order chi connectivity index (χ0) is 15.2. The quantitative estimate of drug-likeness (QED) is 0.849. The van der Waals surface area contributed by atoms with Crippen LogP contribution in [0.2, 0.25) is 0 Å². The normalized spacial score (nSPS) is 13.9. The van der Waals surface area contributed by atoms with Crippen molar-refractivity contribution in [1.82, 2.24) is 5.32 Å². The smallest absolute Gasteiger partial charge is 0.0626 e. The van der Waals surface area contributed by atoms with E-state index in [0.717, 1.165) is 6.42 Å². The van der Waals surface area contributed by atoms with Crippen LogP contribution in [-0.4, -0.2) is 17.8 Å². The lowest BCUT2D eigenvalue weighted by atomic mass is 9.98. The number of aryl methyl sites for hydroxylation is 2. The molecule has 2 aromatic rings. The highest BCUT2D eigenvalue weighted by Gasteiger charge is 2.15. The minimum absolute atomic E-state index is 0.00906. The van der Waals surface area contributed by atoms with Gasteiger partial charge in [0, 0.05) is 6.04 Å². The summed E-state index contributed by atoms with van der Waals surface area (Å²) >= 11 is 0. The molecule has 0 saturated heterocycles. The topological polar surface area (TPSA) is 32.3 Å². The van der Waals surface area contributed by atoms with Crippen LogP contribution in [0.15, 0.2) is 48.5 Å². The Morgan fingerprint density at radius 2 is 1.57 bits per heavy atom. The maximum absolute atomic E-state index is 9.71. The lowest BCUT2D eigenvalue weighted by Crippen LogP contribution is -2.34. The Morgan fingerprint density at radius 3 is 2.19 bits per heavy atom. The first-order chi connectivity index (χ1) is 10.1. The van der Waals surface area contributed by atoms with Gasteiger partial charge in [-0.15, -0.1) is 0 Å². The maximum Gasteiger partial charge on any atom is 0.0626 e. The predicted octanol–water partition coefficient (Wildman–Crippen LogP) is 3.56. The molecule has 0 bridgehead atoms. The molecule has 0 aromatic heterocycles. The highest BCUT2D eigenvalue weighted by atomic mass is 16.3. The summed E-state index contributed by atoms with van der Waals surface area (Å²) in [7, 11) is 0. The predicted molar refractivity (Wildman–Crippen MR) is 88.5 cm³/mol. The van der Waals surface area contributed by atoms with E-state index in [1.54, 1.807) is 0 Å². The maximum atomic E-state index is 9.71. The molecule has 2 nitrogen and oxygen atoms in total. The fourth-order valence-electron chi connectivity index (χ4n) is 2.79. The van der Waals surface area contributed by atoms with Crippen molar-refractivity contribution in [2.24, 2.45) is 0 Å². The molecular weight excluding hydrogens is 258 g/mol. The summed E-state index contributed by atoms with van der Waals surface area (Å²) in [5.74, 6) is 0. The summed E-state index contributed by atoms with van der Waals surface area (Å²) in [6, 6.07) is 17.0. The van der Waals surface area contributed by atoms with Gasteiger partial charge in [-0.3, -0.25) is 0 Å². The largest absolute Gasteiger partial charge is 0.394 e. The van der Waals surface area contributed by atoms with Gasteiger partial charge in [0.15, 0.2) is 0 Å². The number of aliphatic hydroxyl groups is 1. The summed E-state index contributed by atoms with van der Waals surface area (Å²) in [6.07, 6.45) is 0.967. The third-order valence-corrected chi connectivity index (χ3v) is 4.02. The molecule has 0 aliphatic carbocycles. The number of rotatable bonds is 6. The standard InChI is InChI=1S/C19H25NO/c1-14-8-4-6-10-17(14)12-16(3)20-19(13-21)18-11-7-5-9-15(18)2/h4-11,16,19-21H,12-13H2,1-3H3. The molecule has 2 atom stereocenters. The van der Waals surface area contributed by atoms with Crippen LogP contribution in [0.1, 0.15) is 35.2 Å². The molecule has 2 aromatic carbocycles. The second-order valence-electron chi connectivity index (χ2n) is 5.79. The molecule has 0 aliphatic rings. The first kappa shape index (κ1) is 15.7. The summed E-state index contributed by atoms with van der Waals surface area (Å²) in [4.78, 5) is 0. The first-order valence-electron chi connectivity index (χ1n) is 7.58. The molecule has 2 heteroatoms. The second-order valence-corrected chi connectivity index (χ2v) is 5.79. The van der Waals surface area contributed by atoms with Crippen LogP contribution in [0.5, 0.6) is 0 Å². The van der Waals surface area contributed by atoms with Crippen molar-refractivity contribution in [3.63, 3.8) is 0 Å². The van der Waals surface area contributed by atoms with Gasteiger partial charge in [-0.1, -0.05) is 48.5 Å². The van der Waals surface area contributed by atoms with Crippen LogP contribution < -0.4 is 5.32 Å². The third-order valence-electron chi connectivity index (χ3n) is 4.02. The molecule has 0 radical (unpaired) electrons. The zero-order valence-electron chi connectivity index (χ0n) is 13.1. The number of aliphatic hydroxyl groups excluding tert-OH is 1. The lowest BCUT2D eigenvalue weighted by molar-refractivity contribution is 0.234.